The van der Waals surface area contributed by atoms with Crippen LogP contribution in [0.1, 0.15) is 17.3 Å². The Morgan fingerprint density at radius 3 is 2.55 bits per heavy atom. The summed E-state index contributed by atoms with van der Waals surface area (Å²) < 4.78 is 33.2. The Kier molecular flexibility index (Phi) is 6.74. The van der Waals surface area contributed by atoms with Crippen molar-refractivity contribution in [2.24, 2.45) is 0 Å². The van der Waals surface area contributed by atoms with Gasteiger partial charge in [-0.15, -0.1) is 0 Å². The highest BCUT2D eigenvalue weighted by Crippen LogP contribution is 2.20. The molecule has 0 aliphatic carbocycles. The Morgan fingerprint density at radius 1 is 1.23 bits per heavy atom. The molecule has 1 rings (SSSR count). The minimum absolute atomic E-state index is 0.256. The van der Waals surface area contributed by atoms with Crippen molar-refractivity contribution in [3.05, 3.63) is 29.8 Å². The minimum atomic E-state index is -3.10. The van der Waals surface area contributed by atoms with E-state index < -0.39 is 31.1 Å². The number of hydrogen-bond acceptors (Lipinski definition) is 5. The van der Waals surface area contributed by atoms with Crippen molar-refractivity contribution < 1.29 is 32.6 Å². The van der Waals surface area contributed by atoms with Crippen LogP contribution in [0.25, 0.3) is 0 Å². The molecule has 0 spiro atoms. The summed E-state index contributed by atoms with van der Waals surface area (Å²) >= 11 is 0. The van der Waals surface area contributed by atoms with Gasteiger partial charge in [-0.25, -0.2) is 9.59 Å². The number of carbonyl (C=O) groups excluding carboxylic acids is 3. The lowest BCUT2D eigenvalue weighted by atomic mass is 10.2. The van der Waals surface area contributed by atoms with Crippen LogP contribution < -0.4 is 15.4 Å². The molecule has 2 N–H and O–H groups in total. The zero-order valence-electron chi connectivity index (χ0n) is 11.6. The summed E-state index contributed by atoms with van der Waals surface area (Å²) in [6, 6.07) is 4.46. The fourth-order valence-corrected chi connectivity index (χ4v) is 1.41. The number of amides is 3. The third-order valence-corrected chi connectivity index (χ3v) is 2.25. The van der Waals surface area contributed by atoms with E-state index in [1.54, 1.807) is 6.92 Å². The Labute approximate surface area is 124 Å². The van der Waals surface area contributed by atoms with Crippen molar-refractivity contribution in [2.45, 2.75) is 13.5 Å². The van der Waals surface area contributed by atoms with Gasteiger partial charge < -0.3 is 14.8 Å². The van der Waals surface area contributed by atoms with Crippen LogP contribution in [-0.2, 0) is 9.53 Å². The molecule has 0 unspecified atom stereocenters. The molecule has 0 aliphatic rings. The van der Waals surface area contributed by atoms with Gasteiger partial charge in [-0.3, -0.25) is 10.1 Å². The van der Waals surface area contributed by atoms with Gasteiger partial charge in [0.05, 0.1) is 0 Å². The number of benzene rings is 1. The van der Waals surface area contributed by atoms with Gasteiger partial charge in [0.2, 0.25) is 0 Å². The summed E-state index contributed by atoms with van der Waals surface area (Å²) in [7, 11) is 0. The molecule has 120 valence electrons. The van der Waals surface area contributed by atoms with Crippen molar-refractivity contribution in [3.8, 4) is 5.75 Å². The Balaban J connectivity index is 2.59. The molecule has 0 saturated heterocycles. The number of alkyl halides is 2. The number of para-hydroxylation sites is 1. The predicted molar refractivity (Wildman–Crippen MR) is 70.6 cm³/mol. The number of ether oxygens (including phenoxy) is 2. The number of nitrogens with one attached hydrogen (secondary N) is 2. The Morgan fingerprint density at radius 2 is 1.91 bits per heavy atom. The number of halogens is 2. The number of rotatable bonds is 6. The monoisotopic (exact) mass is 316 g/mol. The van der Waals surface area contributed by atoms with Crippen LogP contribution in [0.4, 0.5) is 13.6 Å². The first-order valence-electron chi connectivity index (χ1n) is 6.22. The van der Waals surface area contributed by atoms with E-state index in [0.29, 0.717) is 6.54 Å². The second-order valence-corrected chi connectivity index (χ2v) is 3.86. The maximum absolute atomic E-state index is 12.2. The third-order valence-electron chi connectivity index (χ3n) is 2.25. The quantitative estimate of drug-likeness (QED) is 0.771. The summed E-state index contributed by atoms with van der Waals surface area (Å²) in [6.45, 7) is -1.87. The van der Waals surface area contributed by atoms with Crippen LogP contribution >= 0.6 is 0 Å². The van der Waals surface area contributed by atoms with Gasteiger partial charge in [0, 0.05) is 6.54 Å². The van der Waals surface area contributed by atoms with Crippen LogP contribution in [0.5, 0.6) is 5.75 Å². The van der Waals surface area contributed by atoms with Crippen molar-refractivity contribution >= 4 is 17.9 Å². The number of carbonyl (C=O) groups is 3. The van der Waals surface area contributed by atoms with E-state index in [1.165, 1.54) is 18.2 Å². The second kappa shape index (κ2) is 8.55. The molecule has 3 amide bonds. The molecule has 0 saturated carbocycles. The van der Waals surface area contributed by atoms with E-state index in [-0.39, 0.29) is 11.3 Å². The first-order valence-corrected chi connectivity index (χ1v) is 6.22. The molecule has 22 heavy (non-hydrogen) atoms. The highest BCUT2D eigenvalue weighted by Gasteiger charge is 2.18. The minimum Gasteiger partial charge on any atom is -0.452 e. The number of hydrogen-bond donors (Lipinski definition) is 2. The predicted octanol–water partition coefficient (Wildman–Crippen LogP) is 1.29. The van der Waals surface area contributed by atoms with E-state index in [2.05, 4.69) is 14.8 Å². The average molecular weight is 316 g/mol. The lowest BCUT2D eigenvalue weighted by molar-refractivity contribution is -0.123. The smallest absolute Gasteiger partial charge is 0.387 e. The van der Waals surface area contributed by atoms with Crippen molar-refractivity contribution in [2.75, 3.05) is 13.2 Å². The summed E-state index contributed by atoms with van der Waals surface area (Å²) in [4.78, 5) is 34.1. The average Bonchev–Trinajstić information content (AvgIpc) is 2.45. The van der Waals surface area contributed by atoms with E-state index in [9.17, 15) is 23.2 Å². The molecule has 0 aromatic heterocycles. The highest BCUT2D eigenvalue weighted by molar-refractivity contribution is 5.97. The van der Waals surface area contributed by atoms with Crippen molar-refractivity contribution in [1.82, 2.24) is 10.6 Å². The van der Waals surface area contributed by atoms with Crippen LogP contribution in [0.2, 0.25) is 0 Å². The largest absolute Gasteiger partial charge is 0.452 e. The van der Waals surface area contributed by atoms with Gasteiger partial charge in [0.15, 0.2) is 6.61 Å². The number of urea groups is 1. The molecule has 1 aromatic carbocycles. The maximum atomic E-state index is 12.2. The summed E-state index contributed by atoms with van der Waals surface area (Å²) in [6.07, 6.45) is 0. The van der Waals surface area contributed by atoms with E-state index >= 15 is 0 Å². The maximum Gasteiger partial charge on any atom is 0.387 e. The molecular formula is C13H14F2N2O5. The molecule has 0 bridgehead atoms. The van der Waals surface area contributed by atoms with Gasteiger partial charge in [-0.05, 0) is 19.1 Å². The lowest BCUT2D eigenvalue weighted by Gasteiger charge is -2.10. The van der Waals surface area contributed by atoms with Crippen LogP contribution in [0, 0.1) is 0 Å². The summed E-state index contributed by atoms with van der Waals surface area (Å²) in [5.41, 5.74) is -0.256. The standard InChI is InChI=1S/C13H14F2N2O5/c1-2-16-13(20)17-10(18)7-21-11(19)8-5-3-4-6-9(8)22-12(14)15/h3-6,12H,2,7H2,1H3,(H2,16,17,18,20). The zero-order chi connectivity index (χ0) is 16.5. The zero-order valence-corrected chi connectivity index (χ0v) is 11.6. The highest BCUT2D eigenvalue weighted by atomic mass is 19.3. The molecule has 9 heteroatoms. The van der Waals surface area contributed by atoms with E-state index in [1.807, 2.05) is 5.32 Å². The molecule has 0 radical (unpaired) electrons. The summed E-state index contributed by atoms with van der Waals surface area (Å²) in [5.74, 6) is -2.25. The first kappa shape index (κ1) is 17.3. The molecular weight excluding hydrogens is 302 g/mol. The fourth-order valence-electron chi connectivity index (χ4n) is 1.41. The molecule has 0 heterocycles. The SMILES string of the molecule is CCNC(=O)NC(=O)COC(=O)c1ccccc1OC(F)F. The van der Waals surface area contributed by atoms with Crippen molar-refractivity contribution in [3.63, 3.8) is 0 Å². The number of esters is 1. The molecule has 0 atom stereocenters. The number of imide groups is 1. The fraction of sp³-hybridized carbons (Fsp3) is 0.308. The first-order chi connectivity index (χ1) is 10.4. The van der Waals surface area contributed by atoms with Crippen LogP contribution in [0.15, 0.2) is 24.3 Å². The Hall–Kier alpha value is -2.71. The van der Waals surface area contributed by atoms with Gasteiger partial charge in [0.25, 0.3) is 5.91 Å². The van der Waals surface area contributed by atoms with Crippen LogP contribution in [0.3, 0.4) is 0 Å². The van der Waals surface area contributed by atoms with Crippen molar-refractivity contribution in [1.29, 1.82) is 0 Å². The van der Waals surface area contributed by atoms with E-state index in [0.717, 1.165) is 6.07 Å². The lowest BCUT2D eigenvalue weighted by Crippen LogP contribution is -2.41. The van der Waals surface area contributed by atoms with Gasteiger partial charge in [0.1, 0.15) is 11.3 Å². The topological polar surface area (TPSA) is 93.7 Å². The summed E-state index contributed by atoms with van der Waals surface area (Å²) in [5, 5.41) is 4.23. The van der Waals surface area contributed by atoms with Gasteiger partial charge in [-0.2, -0.15) is 8.78 Å². The Bertz CT molecular complexity index is 551. The molecule has 1 aromatic rings. The normalized spacial score (nSPS) is 10.0. The molecule has 0 aliphatic heterocycles. The third kappa shape index (κ3) is 5.73. The van der Waals surface area contributed by atoms with Crippen LogP contribution in [-0.4, -0.2) is 37.7 Å². The second-order valence-electron chi connectivity index (χ2n) is 3.86. The molecule has 7 nitrogen and oxygen atoms in total. The molecule has 0 fully saturated rings. The van der Waals surface area contributed by atoms with Gasteiger partial charge in [-0.1, -0.05) is 12.1 Å². The van der Waals surface area contributed by atoms with Gasteiger partial charge >= 0.3 is 18.6 Å². The van der Waals surface area contributed by atoms with E-state index in [4.69, 9.17) is 0 Å².